The molecular formula is C58H103NO5. The number of amides is 1. The number of unbranched alkanes of at least 4 members (excludes halogenated alkanes) is 26. The highest BCUT2D eigenvalue weighted by molar-refractivity contribution is 5.78. The van der Waals surface area contributed by atoms with Crippen LogP contribution in [0.15, 0.2) is 72.9 Å². The zero-order valence-electron chi connectivity index (χ0n) is 42.1. The molecule has 64 heavy (non-hydrogen) atoms. The van der Waals surface area contributed by atoms with E-state index in [1.54, 1.807) is 6.08 Å². The van der Waals surface area contributed by atoms with Gasteiger partial charge in [0.2, 0.25) is 5.91 Å². The predicted molar refractivity (Wildman–Crippen MR) is 278 cm³/mol. The second-order valence-electron chi connectivity index (χ2n) is 18.3. The second-order valence-corrected chi connectivity index (χ2v) is 18.3. The first-order valence-corrected chi connectivity index (χ1v) is 27.2. The molecule has 0 spiro atoms. The molecule has 0 aliphatic carbocycles. The van der Waals surface area contributed by atoms with Gasteiger partial charge in [-0.15, -0.1) is 0 Å². The zero-order valence-corrected chi connectivity index (χ0v) is 42.1. The van der Waals surface area contributed by atoms with Crippen LogP contribution in [0.2, 0.25) is 0 Å². The number of allylic oxidation sites excluding steroid dienone is 11. The normalized spacial score (nSPS) is 13.8. The first kappa shape index (κ1) is 61.3. The van der Waals surface area contributed by atoms with Crippen molar-refractivity contribution in [2.45, 2.75) is 277 Å². The van der Waals surface area contributed by atoms with Gasteiger partial charge in [0.05, 0.1) is 25.2 Å². The van der Waals surface area contributed by atoms with Crippen LogP contribution in [-0.4, -0.2) is 46.9 Å². The van der Waals surface area contributed by atoms with Gasteiger partial charge in [-0.1, -0.05) is 261 Å². The molecule has 0 saturated carbocycles. The number of rotatable bonds is 48. The molecule has 0 aromatic heterocycles. The van der Waals surface area contributed by atoms with E-state index >= 15 is 0 Å². The highest BCUT2D eigenvalue weighted by Crippen LogP contribution is 2.17. The Morgan fingerprint density at radius 3 is 1.19 bits per heavy atom. The first-order chi connectivity index (χ1) is 31.5. The van der Waals surface area contributed by atoms with Gasteiger partial charge in [-0.25, -0.2) is 0 Å². The van der Waals surface area contributed by atoms with Gasteiger partial charge in [-0.3, -0.25) is 9.59 Å². The van der Waals surface area contributed by atoms with Crippen molar-refractivity contribution in [1.29, 1.82) is 0 Å². The van der Waals surface area contributed by atoms with Crippen molar-refractivity contribution < 1.29 is 24.5 Å². The van der Waals surface area contributed by atoms with E-state index in [0.29, 0.717) is 19.3 Å². The van der Waals surface area contributed by atoms with Gasteiger partial charge >= 0.3 is 5.97 Å². The summed E-state index contributed by atoms with van der Waals surface area (Å²) in [5, 5.41) is 23.8. The molecular weight excluding hydrogens is 791 g/mol. The second kappa shape index (κ2) is 51.3. The van der Waals surface area contributed by atoms with Crippen LogP contribution in [0.3, 0.4) is 0 Å². The molecule has 0 bridgehead atoms. The molecule has 0 heterocycles. The topological polar surface area (TPSA) is 95.9 Å². The Balaban J connectivity index is 4.73. The van der Waals surface area contributed by atoms with Gasteiger partial charge in [0, 0.05) is 6.42 Å². The molecule has 0 aliphatic heterocycles. The molecule has 0 rings (SSSR count). The van der Waals surface area contributed by atoms with Gasteiger partial charge in [-0.2, -0.15) is 0 Å². The molecule has 1 amide bonds. The third-order valence-corrected chi connectivity index (χ3v) is 12.0. The lowest BCUT2D eigenvalue weighted by Crippen LogP contribution is -2.46. The molecule has 3 atom stereocenters. The van der Waals surface area contributed by atoms with E-state index in [4.69, 9.17) is 4.74 Å². The fourth-order valence-corrected chi connectivity index (χ4v) is 7.96. The minimum Gasteiger partial charge on any atom is -0.458 e. The molecule has 370 valence electrons. The average molecular weight is 894 g/mol. The summed E-state index contributed by atoms with van der Waals surface area (Å²) < 4.78 is 5.83. The lowest BCUT2D eigenvalue weighted by molar-refractivity contribution is -0.148. The van der Waals surface area contributed by atoms with Crippen LogP contribution >= 0.6 is 0 Å². The molecule has 0 saturated heterocycles. The van der Waals surface area contributed by atoms with Crippen molar-refractivity contribution in [3.8, 4) is 0 Å². The van der Waals surface area contributed by atoms with Crippen molar-refractivity contribution in [3.05, 3.63) is 72.9 Å². The Bertz CT molecular complexity index is 1190. The smallest absolute Gasteiger partial charge is 0.306 e. The molecule has 0 aromatic rings. The van der Waals surface area contributed by atoms with Crippen molar-refractivity contribution in [3.63, 3.8) is 0 Å². The molecule has 3 unspecified atom stereocenters. The van der Waals surface area contributed by atoms with Gasteiger partial charge in [0.15, 0.2) is 0 Å². The van der Waals surface area contributed by atoms with Gasteiger partial charge in [-0.05, 0) is 57.4 Å². The standard InChI is InChI=1S/C58H103NO5/c1-4-7-10-13-16-19-22-25-27-28-30-32-34-37-40-43-46-49-54(64-58(63)51-48-45-42-39-36-31-24-21-18-15-12-9-6-3)52-57(62)59-55(53-60)56(61)50-47-44-41-38-35-33-29-26-23-20-17-14-11-8-5-2/h7,10,16,19,25,27,30,32,37,40,46,49,54-56,60-61H,4-6,8-9,11-15,17-18,20-24,26,28-29,31,33-36,38-39,41-45,47-48,50-53H2,1-3H3,(H,59,62)/b10-7-,19-16-,27-25-,32-30-,40-37-,49-46-. The van der Waals surface area contributed by atoms with Gasteiger partial charge in [0.25, 0.3) is 0 Å². The lowest BCUT2D eigenvalue weighted by atomic mass is 10.0. The Labute approximate surface area is 396 Å². The van der Waals surface area contributed by atoms with Crippen LogP contribution in [-0.2, 0) is 14.3 Å². The van der Waals surface area contributed by atoms with Crippen LogP contribution in [0.5, 0.6) is 0 Å². The van der Waals surface area contributed by atoms with Crippen LogP contribution < -0.4 is 5.32 Å². The number of hydrogen-bond donors (Lipinski definition) is 3. The maximum atomic E-state index is 13.2. The summed E-state index contributed by atoms with van der Waals surface area (Å²) in [4.78, 5) is 26.1. The monoisotopic (exact) mass is 894 g/mol. The summed E-state index contributed by atoms with van der Waals surface area (Å²) in [6.07, 6.45) is 65.6. The van der Waals surface area contributed by atoms with E-state index in [2.05, 4.69) is 86.8 Å². The van der Waals surface area contributed by atoms with Crippen molar-refractivity contribution >= 4 is 11.9 Å². The van der Waals surface area contributed by atoms with E-state index < -0.39 is 18.2 Å². The number of ether oxygens (including phenoxy) is 1. The van der Waals surface area contributed by atoms with Gasteiger partial charge < -0.3 is 20.3 Å². The number of esters is 1. The lowest BCUT2D eigenvalue weighted by Gasteiger charge is -2.23. The highest BCUT2D eigenvalue weighted by atomic mass is 16.5. The largest absolute Gasteiger partial charge is 0.458 e. The zero-order chi connectivity index (χ0) is 46.7. The number of hydrogen-bond acceptors (Lipinski definition) is 5. The van der Waals surface area contributed by atoms with E-state index in [9.17, 15) is 19.8 Å². The van der Waals surface area contributed by atoms with Crippen molar-refractivity contribution in [2.24, 2.45) is 0 Å². The quantitative estimate of drug-likeness (QED) is 0.0321. The average Bonchev–Trinajstić information content (AvgIpc) is 3.29. The maximum absolute atomic E-state index is 13.2. The molecule has 0 aliphatic rings. The maximum Gasteiger partial charge on any atom is 0.306 e. The minimum absolute atomic E-state index is 0.0469. The number of aliphatic hydroxyl groups excluding tert-OH is 2. The van der Waals surface area contributed by atoms with Gasteiger partial charge in [0.1, 0.15) is 6.10 Å². The molecule has 3 N–H and O–H groups in total. The summed E-state index contributed by atoms with van der Waals surface area (Å²) >= 11 is 0. The van der Waals surface area contributed by atoms with Crippen LogP contribution in [0, 0.1) is 0 Å². The Morgan fingerprint density at radius 1 is 0.469 bits per heavy atom. The fourth-order valence-electron chi connectivity index (χ4n) is 7.96. The van der Waals surface area contributed by atoms with E-state index in [1.807, 2.05) is 6.08 Å². The Kier molecular flexibility index (Phi) is 49.1. The number of nitrogens with one attached hydrogen (secondary N) is 1. The molecule has 0 fully saturated rings. The van der Waals surface area contributed by atoms with Crippen molar-refractivity contribution in [2.75, 3.05) is 6.61 Å². The summed E-state index contributed by atoms with van der Waals surface area (Å²) in [6, 6.07) is -0.744. The molecule has 6 heteroatoms. The van der Waals surface area contributed by atoms with E-state index in [-0.39, 0.29) is 24.9 Å². The van der Waals surface area contributed by atoms with Crippen molar-refractivity contribution in [1.82, 2.24) is 5.32 Å². The van der Waals surface area contributed by atoms with E-state index in [1.165, 1.54) is 141 Å². The summed E-state index contributed by atoms with van der Waals surface area (Å²) in [5.74, 6) is -0.625. The third kappa shape index (κ3) is 45.9. The third-order valence-electron chi connectivity index (χ3n) is 12.0. The Morgan fingerprint density at radius 2 is 0.812 bits per heavy atom. The number of carbonyl (C=O) groups is 2. The summed E-state index contributed by atoms with van der Waals surface area (Å²) in [5.41, 5.74) is 0. The number of aliphatic hydroxyl groups is 2. The molecule has 6 nitrogen and oxygen atoms in total. The molecule has 0 aromatic carbocycles. The first-order valence-electron chi connectivity index (χ1n) is 27.2. The van der Waals surface area contributed by atoms with Crippen LogP contribution in [0.25, 0.3) is 0 Å². The molecule has 0 radical (unpaired) electrons. The van der Waals surface area contributed by atoms with E-state index in [0.717, 1.165) is 70.6 Å². The highest BCUT2D eigenvalue weighted by Gasteiger charge is 2.23. The fraction of sp³-hybridized carbons (Fsp3) is 0.759. The SMILES string of the molecule is CC/C=C\C/C=C\C/C=C\C/C=C\C/C=C\C/C=C\C(CC(=O)NC(CO)C(O)CCCCCCCCCCCCCCCCC)OC(=O)CCCCCCCCCCCCCCC. The summed E-state index contributed by atoms with van der Waals surface area (Å²) in [6.45, 7) is 6.35. The van der Waals surface area contributed by atoms with Crippen LogP contribution in [0.4, 0.5) is 0 Å². The summed E-state index contributed by atoms with van der Waals surface area (Å²) in [7, 11) is 0. The Hall–Kier alpha value is -2.70. The minimum atomic E-state index is -0.821. The van der Waals surface area contributed by atoms with Crippen LogP contribution in [0.1, 0.15) is 258 Å². The number of carbonyl (C=O) groups excluding carboxylic acids is 2. The predicted octanol–water partition coefficient (Wildman–Crippen LogP) is 16.6.